The first-order valence-electron chi connectivity index (χ1n) is 11.6. The lowest BCUT2D eigenvalue weighted by atomic mass is 10.0. The zero-order valence-electron chi connectivity index (χ0n) is 19.5. The molecule has 2 aromatic carbocycles. The molecule has 5 aromatic rings. The van der Waals surface area contributed by atoms with E-state index in [1.54, 1.807) is 18.6 Å². The van der Waals surface area contributed by atoms with Crippen molar-refractivity contribution in [2.45, 2.75) is 32.4 Å². The number of nitrogens with zero attached hydrogens (tertiary/aromatic N) is 6. The van der Waals surface area contributed by atoms with Crippen LogP contribution >= 0.6 is 0 Å². The van der Waals surface area contributed by atoms with E-state index < -0.39 is 17.7 Å². The van der Waals surface area contributed by atoms with Gasteiger partial charge in [0, 0.05) is 35.3 Å². The minimum absolute atomic E-state index is 0.0921. The molecule has 182 valence electrons. The predicted octanol–water partition coefficient (Wildman–Crippen LogP) is 4.61. The van der Waals surface area contributed by atoms with Crippen LogP contribution in [0.4, 0.5) is 8.78 Å². The molecule has 0 radical (unpaired) electrons. The molecule has 0 aliphatic carbocycles. The summed E-state index contributed by atoms with van der Waals surface area (Å²) in [5, 5.41) is 14.2. The number of hydrogen-bond donors (Lipinski definition) is 1. The molecule has 8 nitrogen and oxygen atoms in total. The normalized spacial score (nSPS) is 12.1. The first kappa shape index (κ1) is 23.3. The maximum Gasteiger partial charge on any atom is 0.329 e. The van der Waals surface area contributed by atoms with Crippen LogP contribution in [0.5, 0.6) is 0 Å². The molecule has 1 unspecified atom stereocenters. The lowest BCUT2D eigenvalue weighted by molar-refractivity contribution is 0.451. The summed E-state index contributed by atoms with van der Waals surface area (Å²) in [6, 6.07) is 14.4. The van der Waals surface area contributed by atoms with Crippen molar-refractivity contribution in [1.29, 1.82) is 0 Å². The van der Waals surface area contributed by atoms with Crippen LogP contribution in [0.3, 0.4) is 0 Å². The lowest BCUT2D eigenvalue weighted by Gasteiger charge is -2.19. The molecule has 0 amide bonds. The van der Waals surface area contributed by atoms with E-state index in [2.05, 4.69) is 25.6 Å². The third-order valence-electron chi connectivity index (χ3n) is 6.07. The van der Waals surface area contributed by atoms with Crippen molar-refractivity contribution in [3.05, 3.63) is 106 Å². The number of nitrogens with one attached hydrogen (secondary N) is 1. The highest BCUT2D eigenvalue weighted by molar-refractivity contribution is 5.78. The van der Waals surface area contributed by atoms with Gasteiger partial charge in [-0.05, 0) is 35.4 Å². The molecule has 0 aliphatic rings. The van der Waals surface area contributed by atoms with E-state index >= 15 is 0 Å². The summed E-state index contributed by atoms with van der Waals surface area (Å²) in [5.41, 5.74) is 2.74. The Morgan fingerprint density at radius 2 is 1.75 bits per heavy atom. The van der Waals surface area contributed by atoms with E-state index in [1.807, 2.05) is 43.3 Å². The van der Waals surface area contributed by atoms with Crippen molar-refractivity contribution in [2.75, 3.05) is 0 Å². The van der Waals surface area contributed by atoms with Gasteiger partial charge < -0.3 is 0 Å². The number of halogens is 2. The topological polar surface area (TPSA) is 94.3 Å². The summed E-state index contributed by atoms with van der Waals surface area (Å²) in [7, 11) is 0. The largest absolute Gasteiger partial charge is 0.329 e. The second-order valence-corrected chi connectivity index (χ2v) is 8.39. The van der Waals surface area contributed by atoms with Gasteiger partial charge in [-0.15, -0.1) is 10.2 Å². The third kappa shape index (κ3) is 4.45. The number of H-pyrrole nitrogens is 1. The van der Waals surface area contributed by atoms with Gasteiger partial charge in [0.1, 0.15) is 11.6 Å². The van der Waals surface area contributed by atoms with E-state index in [4.69, 9.17) is 0 Å². The van der Waals surface area contributed by atoms with Gasteiger partial charge in [-0.1, -0.05) is 49.7 Å². The standard InChI is InChI=1S/C26H23F2N7O/c1-2-6-23(24-20(27)9-5-10-21(24)28)35-14-13-34(26(35)36)16-17-11-12-22(29-15-17)18-7-3-4-8-19(18)25-30-32-33-31-25/h3-5,7-15,23H,2,6,16H2,1H3,(H,30,31,32,33). The Kier molecular flexibility index (Phi) is 6.48. The number of tetrazole rings is 1. The van der Waals surface area contributed by atoms with Crippen molar-refractivity contribution in [2.24, 2.45) is 0 Å². The molecule has 0 spiro atoms. The zero-order chi connectivity index (χ0) is 25.1. The molecule has 5 rings (SSSR count). The molecule has 0 saturated heterocycles. The monoisotopic (exact) mass is 487 g/mol. The Balaban J connectivity index is 1.41. The number of pyridine rings is 1. The first-order chi connectivity index (χ1) is 17.6. The van der Waals surface area contributed by atoms with Gasteiger partial charge in [-0.25, -0.2) is 13.6 Å². The maximum atomic E-state index is 14.5. The number of benzene rings is 2. The number of aromatic nitrogens is 7. The molecule has 3 heterocycles. The van der Waals surface area contributed by atoms with Gasteiger partial charge in [0.15, 0.2) is 0 Å². The average Bonchev–Trinajstić information content (AvgIpc) is 3.55. The number of hydrogen-bond acceptors (Lipinski definition) is 5. The van der Waals surface area contributed by atoms with Crippen molar-refractivity contribution in [3.63, 3.8) is 0 Å². The fraction of sp³-hybridized carbons (Fsp3) is 0.192. The van der Waals surface area contributed by atoms with Gasteiger partial charge in [-0.3, -0.25) is 14.1 Å². The van der Waals surface area contributed by atoms with Crippen molar-refractivity contribution < 1.29 is 8.78 Å². The molecule has 0 bridgehead atoms. The number of rotatable bonds is 8. The van der Waals surface area contributed by atoms with Crippen LogP contribution in [-0.4, -0.2) is 34.7 Å². The molecule has 1 N–H and O–H groups in total. The van der Waals surface area contributed by atoms with Gasteiger partial charge >= 0.3 is 5.69 Å². The summed E-state index contributed by atoms with van der Waals surface area (Å²) in [4.78, 5) is 17.8. The van der Waals surface area contributed by atoms with Gasteiger partial charge in [0.25, 0.3) is 0 Å². The molecular weight excluding hydrogens is 464 g/mol. The zero-order valence-corrected chi connectivity index (χ0v) is 19.5. The lowest BCUT2D eigenvalue weighted by Crippen LogP contribution is -2.29. The van der Waals surface area contributed by atoms with Gasteiger partial charge in [-0.2, -0.15) is 5.21 Å². The molecule has 0 fully saturated rings. The molecule has 10 heteroatoms. The summed E-state index contributed by atoms with van der Waals surface area (Å²) in [6.45, 7) is 2.18. The summed E-state index contributed by atoms with van der Waals surface area (Å²) in [5.74, 6) is -0.847. The Morgan fingerprint density at radius 1 is 0.972 bits per heavy atom. The average molecular weight is 488 g/mol. The maximum absolute atomic E-state index is 14.5. The Hall–Kier alpha value is -4.47. The predicted molar refractivity (Wildman–Crippen MR) is 130 cm³/mol. The van der Waals surface area contributed by atoms with Crippen LogP contribution in [-0.2, 0) is 6.54 Å². The SMILES string of the molecule is CCCC(c1c(F)cccc1F)n1ccn(Cc2ccc(-c3ccccc3-c3nn[nH]n3)nc2)c1=O. The second kappa shape index (κ2) is 10.0. The smallest absolute Gasteiger partial charge is 0.295 e. The van der Waals surface area contributed by atoms with Crippen LogP contribution in [0.2, 0.25) is 0 Å². The highest BCUT2D eigenvalue weighted by atomic mass is 19.1. The third-order valence-corrected chi connectivity index (χ3v) is 6.07. The van der Waals surface area contributed by atoms with Crippen molar-refractivity contribution in [3.8, 4) is 22.6 Å². The van der Waals surface area contributed by atoms with Crippen LogP contribution in [0.25, 0.3) is 22.6 Å². The van der Waals surface area contributed by atoms with Crippen LogP contribution in [0.1, 0.15) is 36.9 Å². The van der Waals surface area contributed by atoms with Crippen LogP contribution in [0, 0.1) is 11.6 Å². The summed E-state index contributed by atoms with van der Waals surface area (Å²) < 4.78 is 31.9. The molecular formula is C26H23F2N7O. The molecule has 1 atom stereocenters. The van der Waals surface area contributed by atoms with E-state index in [0.717, 1.165) is 22.4 Å². The number of imidazole rings is 1. The highest BCUT2D eigenvalue weighted by Gasteiger charge is 2.23. The molecule has 3 aromatic heterocycles. The Morgan fingerprint density at radius 3 is 2.42 bits per heavy atom. The Bertz CT molecular complexity index is 1500. The van der Waals surface area contributed by atoms with Gasteiger partial charge in [0.05, 0.1) is 18.3 Å². The quantitative estimate of drug-likeness (QED) is 0.345. The van der Waals surface area contributed by atoms with Crippen molar-refractivity contribution >= 4 is 0 Å². The number of aromatic amines is 1. The van der Waals surface area contributed by atoms with E-state index in [9.17, 15) is 13.6 Å². The summed E-state index contributed by atoms with van der Waals surface area (Å²) >= 11 is 0. The van der Waals surface area contributed by atoms with E-state index in [1.165, 1.54) is 27.3 Å². The van der Waals surface area contributed by atoms with E-state index in [-0.39, 0.29) is 17.8 Å². The minimum Gasteiger partial charge on any atom is -0.295 e. The van der Waals surface area contributed by atoms with Gasteiger partial charge in [0.2, 0.25) is 5.82 Å². The highest BCUT2D eigenvalue weighted by Crippen LogP contribution is 2.29. The molecule has 0 aliphatic heterocycles. The first-order valence-corrected chi connectivity index (χ1v) is 11.6. The summed E-state index contributed by atoms with van der Waals surface area (Å²) in [6.07, 6.45) is 6.00. The second-order valence-electron chi connectivity index (χ2n) is 8.39. The Labute approximate surface area is 205 Å². The van der Waals surface area contributed by atoms with Crippen LogP contribution in [0.15, 0.2) is 78.0 Å². The minimum atomic E-state index is -0.730. The van der Waals surface area contributed by atoms with Crippen molar-refractivity contribution in [1.82, 2.24) is 34.7 Å². The fourth-order valence-corrected chi connectivity index (χ4v) is 4.36. The van der Waals surface area contributed by atoms with E-state index in [0.29, 0.717) is 18.7 Å². The molecule has 36 heavy (non-hydrogen) atoms. The fourth-order valence-electron chi connectivity index (χ4n) is 4.36. The van der Waals surface area contributed by atoms with Crippen LogP contribution < -0.4 is 5.69 Å². The molecule has 0 saturated carbocycles.